The van der Waals surface area contributed by atoms with Crippen LogP contribution in [0.1, 0.15) is 19.8 Å². The monoisotopic (exact) mass is 435 g/mol. The van der Waals surface area contributed by atoms with Gasteiger partial charge in [-0.25, -0.2) is 8.42 Å². The third kappa shape index (κ3) is 3.88. The summed E-state index contributed by atoms with van der Waals surface area (Å²) in [6.45, 7) is 2.50. The Morgan fingerprint density at radius 1 is 1.31 bits per heavy atom. The van der Waals surface area contributed by atoms with Gasteiger partial charge in [0.05, 0.1) is 28.2 Å². The lowest BCUT2D eigenvalue weighted by Gasteiger charge is -2.11. The number of sulfone groups is 1. The molecule has 11 heteroatoms. The molecule has 0 bridgehead atoms. The summed E-state index contributed by atoms with van der Waals surface area (Å²) in [5, 5.41) is 12.2. The van der Waals surface area contributed by atoms with Gasteiger partial charge >= 0.3 is 0 Å². The number of aryl methyl sites for hydroxylation is 1. The minimum absolute atomic E-state index is 0.00873. The molecular formula is C18H21N5O4S2. The van der Waals surface area contributed by atoms with Gasteiger partial charge in [0.15, 0.2) is 15.0 Å². The lowest BCUT2D eigenvalue weighted by molar-refractivity contribution is -0.119. The number of rotatable bonds is 6. The Balaban J connectivity index is 1.61. The van der Waals surface area contributed by atoms with Gasteiger partial charge in [0.25, 0.3) is 5.56 Å². The largest absolute Gasteiger partial charge is 0.352 e. The maximum atomic E-state index is 12.8. The van der Waals surface area contributed by atoms with Crippen LogP contribution >= 0.6 is 11.8 Å². The Kier molecular flexibility index (Phi) is 5.34. The molecule has 3 heterocycles. The molecule has 0 radical (unpaired) electrons. The summed E-state index contributed by atoms with van der Waals surface area (Å²) in [4.78, 5) is 25.1. The second-order valence-corrected chi connectivity index (χ2v) is 10.2. The number of carbonyl (C=O) groups excluding carboxylic acids is 1. The number of nitrogens with zero attached hydrogens (tertiary/aromatic N) is 4. The van der Waals surface area contributed by atoms with Gasteiger partial charge in [-0.15, -0.1) is 10.2 Å². The van der Waals surface area contributed by atoms with E-state index >= 15 is 0 Å². The Labute approximate surface area is 171 Å². The van der Waals surface area contributed by atoms with Gasteiger partial charge in [0, 0.05) is 12.6 Å². The van der Waals surface area contributed by atoms with Crippen molar-refractivity contribution in [2.75, 3.05) is 17.3 Å². The molecule has 3 aromatic rings. The highest BCUT2D eigenvalue weighted by Crippen LogP contribution is 2.22. The topological polar surface area (TPSA) is 115 Å². The summed E-state index contributed by atoms with van der Waals surface area (Å²) in [7, 11) is -3.05. The van der Waals surface area contributed by atoms with Gasteiger partial charge in [0.1, 0.15) is 0 Å². The van der Waals surface area contributed by atoms with Crippen LogP contribution in [0.4, 0.5) is 0 Å². The number of nitrogens with one attached hydrogen (secondary N) is 1. The molecule has 0 aliphatic carbocycles. The number of para-hydroxylation sites is 1. The molecule has 0 saturated carbocycles. The second kappa shape index (κ2) is 7.79. The first-order valence-electron chi connectivity index (χ1n) is 9.39. The first kappa shape index (κ1) is 19.9. The van der Waals surface area contributed by atoms with Crippen LogP contribution in [0, 0.1) is 0 Å². The van der Waals surface area contributed by atoms with Crippen LogP contribution in [0.25, 0.3) is 16.7 Å². The average molecular weight is 436 g/mol. The number of fused-ring (bicyclic) bond motifs is 3. The van der Waals surface area contributed by atoms with Crippen LogP contribution < -0.4 is 10.9 Å². The number of aromatic nitrogens is 4. The summed E-state index contributed by atoms with van der Waals surface area (Å²) in [5.74, 6) is 0.380. The van der Waals surface area contributed by atoms with Gasteiger partial charge < -0.3 is 5.32 Å². The van der Waals surface area contributed by atoms with Crippen molar-refractivity contribution >= 4 is 44.2 Å². The summed E-state index contributed by atoms with van der Waals surface area (Å²) in [5.41, 5.74) is 0.578. The van der Waals surface area contributed by atoms with Crippen molar-refractivity contribution in [1.82, 2.24) is 24.5 Å². The zero-order valence-electron chi connectivity index (χ0n) is 15.9. The summed E-state index contributed by atoms with van der Waals surface area (Å²) < 4.78 is 26.5. The molecule has 9 nitrogen and oxygen atoms in total. The highest BCUT2D eigenvalue weighted by atomic mass is 32.2. The quantitative estimate of drug-likeness (QED) is 0.571. The van der Waals surface area contributed by atoms with Crippen molar-refractivity contribution in [3.63, 3.8) is 0 Å². The first-order valence-corrected chi connectivity index (χ1v) is 12.2. The normalized spacial score (nSPS) is 18.4. The standard InChI is InChI=1S/C18H21N5O4S2/c1-2-8-22-16(25)13-5-3-4-6-14(13)23-17(22)20-21-18(23)28-10-15(24)19-12-7-9-29(26,27)11-12/h3-6,12H,2,7-11H2,1H3,(H,19,24)/t12-/m0/s1. The van der Waals surface area contributed by atoms with Gasteiger partial charge in [-0.05, 0) is 25.0 Å². The molecule has 154 valence electrons. The molecule has 1 atom stereocenters. The fraction of sp³-hybridized carbons (Fsp3) is 0.444. The molecule has 1 fully saturated rings. The van der Waals surface area contributed by atoms with Gasteiger partial charge in [-0.3, -0.25) is 18.6 Å². The van der Waals surface area contributed by atoms with Gasteiger partial charge in [0.2, 0.25) is 11.7 Å². The Hall–Kier alpha value is -2.40. The van der Waals surface area contributed by atoms with E-state index in [1.165, 1.54) is 11.8 Å². The number of hydrogen-bond acceptors (Lipinski definition) is 7. The lowest BCUT2D eigenvalue weighted by Crippen LogP contribution is -2.36. The molecule has 1 saturated heterocycles. The van der Waals surface area contributed by atoms with Gasteiger partial charge in [-0.2, -0.15) is 0 Å². The van der Waals surface area contributed by atoms with Crippen molar-refractivity contribution in [2.45, 2.75) is 37.5 Å². The molecule has 2 aromatic heterocycles. The van der Waals surface area contributed by atoms with Crippen molar-refractivity contribution < 1.29 is 13.2 Å². The van der Waals surface area contributed by atoms with Crippen LogP contribution in [0.2, 0.25) is 0 Å². The van der Waals surface area contributed by atoms with E-state index in [0.29, 0.717) is 34.8 Å². The maximum absolute atomic E-state index is 12.8. The second-order valence-electron chi connectivity index (χ2n) is 7.05. The summed E-state index contributed by atoms with van der Waals surface area (Å²) >= 11 is 1.21. The predicted molar refractivity (Wildman–Crippen MR) is 111 cm³/mol. The van der Waals surface area contributed by atoms with Crippen LogP contribution in [-0.2, 0) is 21.2 Å². The molecule has 1 N–H and O–H groups in total. The number of thioether (sulfide) groups is 1. The predicted octanol–water partition coefficient (Wildman–Crippen LogP) is 0.850. The first-order chi connectivity index (χ1) is 13.9. The fourth-order valence-electron chi connectivity index (χ4n) is 3.56. The number of benzene rings is 1. The molecule has 0 spiro atoms. The minimum atomic E-state index is -3.05. The smallest absolute Gasteiger partial charge is 0.262 e. The lowest BCUT2D eigenvalue weighted by atomic mass is 10.2. The molecule has 1 amide bonds. The summed E-state index contributed by atoms with van der Waals surface area (Å²) in [6, 6.07) is 6.92. The summed E-state index contributed by atoms with van der Waals surface area (Å²) in [6.07, 6.45) is 1.22. The zero-order valence-corrected chi connectivity index (χ0v) is 17.5. The average Bonchev–Trinajstić information content (AvgIpc) is 3.26. The number of carbonyl (C=O) groups is 1. The number of amides is 1. The van der Waals surface area contributed by atoms with E-state index in [1.807, 2.05) is 25.1 Å². The molecule has 4 rings (SSSR count). The Bertz CT molecular complexity index is 1250. The van der Waals surface area contributed by atoms with E-state index in [4.69, 9.17) is 0 Å². The van der Waals surface area contributed by atoms with E-state index in [9.17, 15) is 18.0 Å². The van der Waals surface area contributed by atoms with Crippen LogP contribution in [0.15, 0.2) is 34.2 Å². The Morgan fingerprint density at radius 3 is 2.83 bits per heavy atom. The molecule has 29 heavy (non-hydrogen) atoms. The van der Waals surface area contributed by atoms with E-state index in [1.54, 1.807) is 15.0 Å². The fourth-order valence-corrected chi connectivity index (χ4v) is 5.99. The maximum Gasteiger partial charge on any atom is 0.262 e. The van der Waals surface area contributed by atoms with E-state index in [-0.39, 0.29) is 34.8 Å². The third-order valence-electron chi connectivity index (χ3n) is 4.86. The number of hydrogen-bond donors (Lipinski definition) is 1. The van der Waals surface area contributed by atoms with E-state index < -0.39 is 9.84 Å². The highest BCUT2D eigenvalue weighted by Gasteiger charge is 2.29. The third-order valence-corrected chi connectivity index (χ3v) is 7.55. The van der Waals surface area contributed by atoms with Crippen molar-refractivity contribution in [2.24, 2.45) is 0 Å². The van der Waals surface area contributed by atoms with E-state index in [2.05, 4.69) is 15.5 Å². The van der Waals surface area contributed by atoms with E-state index in [0.717, 1.165) is 6.42 Å². The zero-order chi connectivity index (χ0) is 20.6. The van der Waals surface area contributed by atoms with Crippen LogP contribution in [0.5, 0.6) is 0 Å². The SMILES string of the molecule is CCCn1c(=O)c2ccccc2n2c(SCC(=O)N[C@H]3CCS(=O)(=O)C3)nnc12. The van der Waals surface area contributed by atoms with Crippen molar-refractivity contribution in [3.05, 3.63) is 34.6 Å². The molecular weight excluding hydrogens is 414 g/mol. The van der Waals surface area contributed by atoms with Crippen molar-refractivity contribution in [3.8, 4) is 0 Å². The van der Waals surface area contributed by atoms with Crippen LogP contribution in [0.3, 0.4) is 0 Å². The molecule has 1 aliphatic rings. The molecule has 0 unspecified atom stereocenters. The van der Waals surface area contributed by atoms with Crippen LogP contribution in [-0.4, -0.2) is 56.8 Å². The van der Waals surface area contributed by atoms with Gasteiger partial charge in [-0.1, -0.05) is 30.8 Å². The Morgan fingerprint density at radius 2 is 2.10 bits per heavy atom. The highest BCUT2D eigenvalue weighted by molar-refractivity contribution is 7.99. The molecule has 1 aromatic carbocycles. The van der Waals surface area contributed by atoms with Crippen molar-refractivity contribution in [1.29, 1.82) is 0 Å². The molecule has 1 aliphatic heterocycles. The minimum Gasteiger partial charge on any atom is -0.352 e.